The van der Waals surface area contributed by atoms with Crippen molar-refractivity contribution in [3.05, 3.63) is 45.9 Å². The molecular weight excluding hydrogens is 234 g/mol. The van der Waals surface area contributed by atoms with Crippen molar-refractivity contribution in [3.8, 4) is 0 Å². The number of aryl methyl sites for hydroxylation is 1. The molecule has 0 radical (unpaired) electrons. The average molecular weight is 247 g/mol. The third-order valence-electron chi connectivity index (χ3n) is 2.21. The molecule has 1 aromatic heterocycles. The minimum absolute atomic E-state index is 0.00375. The van der Waals surface area contributed by atoms with E-state index in [0.717, 1.165) is 15.6 Å². The van der Waals surface area contributed by atoms with Crippen LogP contribution in [0.5, 0.6) is 0 Å². The fourth-order valence-corrected chi connectivity index (χ4v) is 2.08. The molecule has 0 bridgehead atoms. The van der Waals surface area contributed by atoms with Crippen molar-refractivity contribution in [1.29, 1.82) is 0 Å². The van der Waals surface area contributed by atoms with E-state index in [-0.39, 0.29) is 5.91 Å². The molecule has 5 heteroatoms. The van der Waals surface area contributed by atoms with E-state index in [1.165, 1.54) is 11.3 Å². The first-order valence-corrected chi connectivity index (χ1v) is 6.15. The van der Waals surface area contributed by atoms with E-state index in [1.807, 2.05) is 37.3 Å². The second kappa shape index (κ2) is 5.54. The SMILES string of the molecule is Cc1nnc(CNC(=O)Cc2ccccc2)s1. The Morgan fingerprint density at radius 2 is 2.06 bits per heavy atom. The van der Waals surface area contributed by atoms with Gasteiger partial charge in [-0.2, -0.15) is 0 Å². The predicted molar refractivity (Wildman–Crippen MR) is 66.6 cm³/mol. The van der Waals surface area contributed by atoms with E-state index in [2.05, 4.69) is 15.5 Å². The summed E-state index contributed by atoms with van der Waals surface area (Å²) in [5.74, 6) is 0.00375. The Kier molecular flexibility index (Phi) is 3.82. The largest absolute Gasteiger partial charge is 0.349 e. The molecule has 0 unspecified atom stereocenters. The number of benzene rings is 1. The Labute approximate surface area is 104 Å². The fraction of sp³-hybridized carbons (Fsp3) is 0.250. The van der Waals surface area contributed by atoms with Crippen LogP contribution in [-0.2, 0) is 17.8 Å². The number of hydrogen-bond donors (Lipinski definition) is 1. The van der Waals surface area contributed by atoms with Crippen molar-refractivity contribution in [2.45, 2.75) is 19.9 Å². The van der Waals surface area contributed by atoms with Gasteiger partial charge in [-0.3, -0.25) is 4.79 Å². The van der Waals surface area contributed by atoms with Gasteiger partial charge in [0.1, 0.15) is 10.0 Å². The van der Waals surface area contributed by atoms with E-state index in [9.17, 15) is 4.79 Å². The molecule has 17 heavy (non-hydrogen) atoms. The Balaban J connectivity index is 1.82. The summed E-state index contributed by atoms with van der Waals surface area (Å²) >= 11 is 1.50. The zero-order valence-electron chi connectivity index (χ0n) is 9.51. The van der Waals surface area contributed by atoms with Crippen LogP contribution in [0.1, 0.15) is 15.6 Å². The number of nitrogens with zero attached hydrogens (tertiary/aromatic N) is 2. The Morgan fingerprint density at radius 1 is 1.29 bits per heavy atom. The van der Waals surface area contributed by atoms with E-state index in [1.54, 1.807) is 0 Å². The second-order valence-corrected chi connectivity index (χ2v) is 4.92. The molecule has 0 aliphatic heterocycles. The van der Waals surface area contributed by atoms with Gasteiger partial charge in [0.15, 0.2) is 0 Å². The fourth-order valence-electron chi connectivity index (χ4n) is 1.43. The molecule has 1 heterocycles. The van der Waals surface area contributed by atoms with Crippen molar-refractivity contribution in [1.82, 2.24) is 15.5 Å². The molecule has 0 saturated carbocycles. The molecule has 2 aromatic rings. The van der Waals surface area contributed by atoms with Crippen molar-refractivity contribution < 1.29 is 4.79 Å². The number of nitrogens with one attached hydrogen (secondary N) is 1. The summed E-state index contributed by atoms with van der Waals surface area (Å²) in [5.41, 5.74) is 1.01. The number of carbonyl (C=O) groups is 1. The smallest absolute Gasteiger partial charge is 0.224 e. The molecule has 4 nitrogen and oxygen atoms in total. The number of hydrogen-bond acceptors (Lipinski definition) is 4. The highest BCUT2D eigenvalue weighted by atomic mass is 32.1. The first-order valence-electron chi connectivity index (χ1n) is 5.33. The van der Waals surface area contributed by atoms with Crippen LogP contribution in [0, 0.1) is 6.92 Å². The maximum atomic E-state index is 11.6. The third kappa shape index (κ3) is 3.64. The van der Waals surface area contributed by atoms with Gasteiger partial charge in [0.2, 0.25) is 5.91 Å². The zero-order chi connectivity index (χ0) is 12.1. The van der Waals surface area contributed by atoms with Gasteiger partial charge in [0.25, 0.3) is 0 Å². The molecule has 0 fully saturated rings. The Hall–Kier alpha value is -1.75. The van der Waals surface area contributed by atoms with Crippen molar-refractivity contribution in [2.75, 3.05) is 0 Å². The van der Waals surface area contributed by atoms with Crippen LogP contribution in [0.2, 0.25) is 0 Å². The van der Waals surface area contributed by atoms with Crippen LogP contribution in [0.15, 0.2) is 30.3 Å². The Morgan fingerprint density at radius 3 is 2.71 bits per heavy atom. The maximum Gasteiger partial charge on any atom is 0.224 e. The first-order chi connectivity index (χ1) is 8.24. The highest BCUT2D eigenvalue weighted by Gasteiger charge is 2.05. The van der Waals surface area contributed by atoms with Crippen molar-refractivity contribution in [3.63, 3.8) is 0 Å². The highest BCUT2D eigenvalue weighted by Crippen LogP contribution is 2.07. The van der Waals surface area contributed by atoms with Crippen LogP contribution in [0.3, 0.4) is 0 Å². The minimum Gasteiger partial charge on any atom is -0.349 e. The summed E-state index contributed by atoms with van der Waals surface area (Å²) in [6, 6.07) is 9.67. The lowest BCUT2D eigenvalue weighted by Gasteiger charge is -2.02. The van der Waals surface area contributed by atoms with Gasteiger partial charge in [-0.05, 0) is 12.5 Å². The van der Waals surface area contributed by atoms with Gasteiger partial charge in [-0.25, -0.2) is 0 Å². The lowest BCUT2D eigenvalue weighted by molar-refractivity contribution is -0.120. The van der Waals surface area contributed by atoms with Crippen LogP contribution >= 0.6 is 11.3 Å². The van der Waals surface area contributed by atoms with E-state index < -0.39 is 0 Å². The molecule has 0 aliphatic carbocycles. The predicted octanol–water partition coefficient (Wildman–Crippen LogP) is 1.71. The monoisotopic (exact) mass is 247 g/mol. The molecule has 1 aromatic carbocycles. The van der Waals surface area contributed by atoms with Gasteiger partial charge in [-0.1, -0.05) is 41.7 Å². The summed E-state index contributed by atoms with van der Waals surface area (Å²) < 4.78 is 0. The van der Waals surface area contributed by atoms with Gasteiger partial charge in [0.05, 0.1) is 13.0 Å². The maximum absolute atomic E-state index is 11.6. The highest BCUT2D eigenvalue weighted by molar-refractivity contribution is 7.11. The number of rotatable bonds is 4. The Bertz CT molecular complexity index is 495. The normalized spacial score (nSPS) is 10.2. The number of amides is 1. The van der Waals surface area contributed by atoms with Gasteiger partial charge >= 0.3 is 0 Å². The van der Waals surface area contributed by atoms with Crippen LogP contribution in [-0.4, -0.2) is 16.1 Å². The average Bonchev–Trinajstić information content (AvgIpc) is 2.74. The number of carbonyl (C=O) groups excluding carboxylic acids is 1. The second-order valence-electron chi connectivity index (χ2n) is 3.65. The topological polar surface area (TPSA) is 54.9 Å². The third-order valence-corrected chi connectivity index (χ3v) is 3.05. The standard InChI is InChI=1S/C12H13N3OS/c1-9-14-15-12(17-9)8-13-11(16)7-10-5-3-2-4-6-10/h2-6H,7-8H2,1H3,(H,13,16). The molecule has 0 atom stereocenters. The molecule has 0 spiro atoms. The zero-order valence-corrected chi connectivity index (χ0v) is 10.3. The van der Waals surface area contributed by atoms with E-state index >= 15 is 0 Å². The molecule has 88 valence electrons. The van der Waals surface area contributed by atoms with Gasteiger partial charge < -0.3 is 5.32 Å². The van der Waals surface area contributed by atoms with Gasteiger partial charge in [-0.15, -0.1) is 10.2 Å². The van der Waals surface area contributed by atoms with Crippen LogP contribution in [0.4, 0.5) is 0 Å². The molecular formula is C12H13N3OS. The van der Waals surface area contributed by atoms with Gasteiger partial charge in [0, 0.05) is 0 Å². The summed E-state index contributed by atoms with van der Waals surface area (Å²) in [4.78, 5) is 11.6. The summed E-state index contributed by atoms with van der Waals surface area (Å²) in [5, 5.41) is 12.4. The summed E-state index contributed by atoms with van der Waals surface area (Å²) in [6.45, 7) is 2.35. The molecule has 2 rings (SSSR count). The van der Waals surface area contributed by atoms with E-state index in [4.69, 9.17) is 0 Å². The molecule has 1 amide bonds. The lowest BCUT2D eigenvalue weighted by atomic mass is 10.1. The first kappa shape index (κ1) is 11.7. The molecule has 0 aliphatic rings. The van der Waals surface area contributed by atoms with E-state index in [0.29, 0.717) is 13.0 Å². The van der Waals surface area contributed by atoms with Crippen molar-refractivity contribution >= 4 is 17.2 Å². The van der Waals surface area contributed by atoms with Crippen molar-refractivity contribution in [2.24, 2.45) is 0 Å². The molecule has 0 saturated heterocycles. The van der Waals surface area contributed by atoms with Crippen LogP contribution < -0.4 is 5.32 Å². The summed E-state index contributed by atoms with van der Waals surface area (Å²) in [7, 11) is 0. The van der Waals surface area contributed by atoms with Crippen LogP contribution in [0.25, 0.3) is 0 Å². The summed E-state index contributed by atoms with van der Waals surface area (Å²) in [6.07, 6.45) is 0.401. The minimum atomic E-state index is 0.00375. The quantitative estimate of drug-likeness (QED) is 0.894. The lowest BCUT2D eigenvalue weighted by Crippen LogP contribution is -2.24. The molecule has 1 N–H and O–H groups in total. The number of aromatic nitrogens is 2.